The van der Waals surface area contributed by atoms with Crippen LogP contribution in [0, 0.1) is 0 Å². The summed E-state index contributed by atoms with van der Waals surface area (Å²) in [6.45, 7) is 0.842. The molecule has 2 rings (SSSR count). The van der Waals surface area contributed by atoms with E-state index in [-0.39, 0.29) is 0 Å². The van der Waals surface area contributed by atoms with Crippen molar-refractivity contribution in [1.29, 1.82) is 0 Å². The highest BCUT2D eigenvalue weighted by atomic mass is 32.2. The third-order valence-electron chi connectivity index (χ3n) is 2.03. The van der Waals surface area contributed by atoms with Crippen LogP contribution in [0.15, 0.2) is 40.1 Å². The molecule has 0 saturated heterocycles. The first kappa shape index (κ1) is 10.5. The summed E-state index contributed by atoms with van der Waals surface area (Å²) in [6, 6.07) is 6.21. The van der Waals surface area contributed by atoms with Gasteiger partial charge in [-0.2, -0.15) is 11.3 Å². The predicted molar refractivity (Wildman–Crippen MR) is 67.7 cm³/mol. The van der Waals surface area contributed by atoms with Crippen LogP contribution in [0.4, 0.5) is 5.82 Å². The van der Waals surface area contributed by atoms with Crippen LogP contribution in [0.5, 0.6) is 0 Å². The third kappa shape index (κ3) is 2.97. The van der Waals surface area contributed by atoms with E-state index in [1.807, 2.05) is 12.3 Å². The molecule has 1 N–H and O–H groups in total. The van der Waals surface area contributed by atoms with Crippen molar-refractivity contribution in [2.75, 3.05) is 11.6 Å². The molecule has 0 bridgehead atoms. The molecule has 2 aromatic heterocycles. The molecule has 0 atom stereocenters. The van der Waals surface area contributed by atoms with E-state index in [0.29, 0.717) is 0 Å². The molecule has 2 aromatic rings. The molecular formula is C11H12N2S2. The number of hydrogen-bond acceptors (Lipinski definition) is 4. The van der Waals surface area contributed by atoms with Crippen LogP contribution in [0.3, 0.4) is 0 Å². The summed E-state index contributed by atoms with van der Waals surface area (Å²) in [7, 11) is 0. The van der Waals surface area contributed by atoms with Gasteiger partial charge in [0, 0.05) is 17.6 Å². The molecule has 78 valence electrons. The molecule has 0 aliphatic rings. The van der Waals surface area contributed by atoms with Crippen molar-refractivity contribution < 1.29 is 0 Å². The summed E-state index contributed by atoms with van der Waals surface area (Å²) in [5.41, 5.74) is 1.30. The average molecular weight is 236 g/mol. The highest BCUT2D eigenvalue weighted by Gasteiger charge is 1.95. The second-order valence-corrected chi connectivity index (χ2v) is 4.73. The Balaban J connectivity index is 1.93. The van der Waals surface area contributed by atoms with Crippen molar-refractivity contribution >= 4 is 28.9 Å². The predicted octanol–water partition coefficient (Wildman–Crippen LogP) is 3.48. The van der Waals surface area contributed by atoms with Gasteiger partial charge in [-0.3, -0.25) is 0 Å². The van der Waals surface area contributed by atoms with Crippen LogP contribution in [0.25, 0.3) is 0 Å². The summed E-state index contributed by atoms with van der Waals surface area (Å²) in [5, 5.41) is 7.51. The zero-order chi connectivity index (χ0) is 10.5. The van der Waals surface area contributed by atoms with Crippen LogP contribution >= 0.6 is 23.1 Å². The molecule has 4 heteroatoms. The molecule has 2 heterocycles. The lowest BCUT2D eigenvalue weighted by Gasteiger charge is -2.04. The van der Waals surface area contributed by atoms with E-state index in [4.69, 9.17) is 0 Å². The van der Waals surface area contributed by atoms with Gasteiger partial charge in [0.2, 0.25) is 0 Å². The first-order valence-corrected chi connectivity index (χ1v) is 6.80. The highest BCUT2D eigenvalue weighted by molar-refractivity contribution is 7.98. The molecule has 0 aromatic carbocycles. The summed E-state index contributed by atoms with van der Waals surface area (Å²) in [5.74, 6) is 0.930. The van der Waals surface area contributed by atoms with Gasteiger partial charge in [0.15, 0.2) is 0 Å². The van der Waals surface area contributed by atoms with E-state index in [2.05, 4.69) is 39.4 Å². The highest BCUT2D eigenvalue weighted by Crippen LogP contribution is 2.15. The standard InChI is InChI=1S/C11H12N2S2/c1-14-10-2-3-11(13-7-10)12-6-9-4-5-15-8-9/h2-5,7-8H,6H2,1H3,(H,12,13). The van der Waals surface area contributed by atoms with Gasteiger partial charge < -0.3 is 5.32 Å². The van der Waals surface area contributed by atoms with E-state index in [0.717, 1.165) is 12.4 Å². The maximum absolute atomic E-state index is 4.32. The fourth-order valence-electron chi connectivity index (χ4n) is 1.19. The zero-order valence-electron chi connectivity index (χ0n) is 8.43. The number of hydrogen-bond donors (Lipinski definition) is 1. The minimum absolute atomic E-state index is 0.842. The van der Waals surface area contributed by atoms with Crippen molar-refractivity contribution in [3.8, 4) is 0 Å². The normalized spacial score (nSPS) is 10.2. The first-order valence-electron chi connectivity index (χ1n) is 4.63. The lowest BCUT2D eigenvalue weighted by Crippen LogP contribution is -1.99. The Hall–Kier alpha value is -1.00. The quantitative estimate of drug-likeness (QED) is 0.823. The van der Waals surface area contributed by atoms with Gasteiger partial charge in [-0.25, -0.2) is 4.98 Å². The number of thiophene rings is 1. The maximum Gasteiger partial charge on any atom is 0.126 e. The molecule has 0 amide bonds. The van der Waals surface area contributed by atoms with Gasteiger partial charge in [0.1, 0.15) is 5.82 Å². The second kappa shape index (κ2) is 5.19. The van der Waals surface area contributed by atoms with Crippen LogP contribution in [0.1, 0.15) is 5.56 Å². The van der Waals surface area contributed by atoms with Crippen molar-refractivity contribution in [3.63, 3.8) is 0 Å². The zero-order valence-corrected chi connectivity index (χ0v) is 10.1. The van der Waals surface area contributed by atoms with Crippen LogP contribution < -0.4 is 5.32 Å². The largest absolute Gasteiger partial charge is 0.366 e. The number of nitrogens with one attached hydrogen (secondary N) is 1. The number of rotatable bonds is 4. The Morgan fingerprint density at radius 3 is 2.93 bits per heavy atom. The van der Waals surface area contributed by atoms with Gasteiger partial charge in [-0.1, -0.05) is 0 Å². The summed E-state index contributed by atoms with van der Waals surface area (Å²) >= 11 is 3.42. The molecular weight excluding hydrogens is 224 g/mol. The Morgan fingerprint density at radius 2 is 2.33 bits per heavy atom. The molecule has 0 aliphatic heterocycles. The van der Waals surface area contributed by atoms with Gasteiger partial charge in [0.05, 0.1) is 0 Å². The van der Waals surface area contributed by atoms with E-state index in [1.165, 1.54) is 10.5 Å². The minimum Gasteiger partial charge on any atom is -0.366 e. The molecule has 0 unspecified atom stereocenters. The number of pyridine rings is 1. The van der Waals surface area contributed by atoms with Gasteiger partial charge >= 0.3 is 0 Å². The van der Waals surface area contributed by atoms with Crippen molar-refractivity contribution in [2.24, 2.45) is 0 Å². The third-order valence-corrected chi connectivity index (χ3v) is 3.47. The second-order valence-electron chi connectivity index (χ2n) is 3.07. The average Bonchev–Trinajstić information content (AvgIpc) is 2.80. The minimum atomic E-state index is 0.842. The monoisotopic (exact) mass is 236 g/mol. The number of nitrogens with zero attached hydrogens (tertiary/aromatic N) is 1. The Bertz CT molecular complexity index is 395. The molecule has 2 nitrogen and oxygen atoms in total. The molecule has 0 saturated carbocycles. The number of thioether (sulfide) groups is 1. The van der Waals surface area contributed by atoms with E-state index >= 15 is 0 Å². The summed E-state index contributed by atoms with van der Waals surface area (Å²) in [4.78, 5) is 5.51. The fourth-order valence-corrected chi connectivity index (χ4v) is 2.22. The van der Waals surface area contributed by atoms with Crippen molar-refractivity contribution in [3.05, 3.63) is 40.7 Å². The van der Waals surface area contributed by atoms with E-state index in [1.54, 1.807) is 23.1 Å². The lowest BCUT2D eigenvalue weighted by molar-refractivity contribution is 1.11. The van der Waals surface area contributed by atoms with E-state index < -0.39 is 0 Å². The van der Waals surface area contributed by atoms with Gasteiger partial charge in [-0.05, 0) is 40.8 Å². The fraction of sp³-hybridized carbons (Fsp3) is 0.182. The van der Waals surface area contributed by atoms with Crippen LogP contribution in [0.2, 0.25) is 0 Å². The molecule has 15 heavy (non-hydrogen) atoms. The molecule has 0 fully saturated rings. The first-order chi connectivity index (χ1) is 7.38. The SMILES string of the molecule is CSc1ccc(NCc2ccsc2)nc1. The van der Waals surface area contributed by atoms with Crippen LogP contribution in [-0.4, -0.2) is 11.2 Å². The molecule has 0 radical (unpaired) electrons. The van der Waals surface area contributed by atoms with Crippen molar-refractivity contribution in [2.45, 2.75) is 11.4 Å². The van der Waals surface area contributed by atoms with Crippen molar-refractivity contribution in [1.82, 2.24) is 4.98 Å². The number of anilines is 1. The Labute approximate surface area is 97.8 Å². The maximum atomic E-state index is 4.32. The summed E-state index contributed by atoms with van der Waals surface area (Å²) < 4.78 is 0. The van der Waals surface area contributed by atoms with E-state index in [9.17, 15) is 0 Å². The van der Waals surface area contributed by atoms with Gasteiger partial charge in [0.25, 0.3) is 0 Å². The Morgan fingerprint density at radius 1 is 1.40 bits per heavy atom. The topological polar surface area (TPSA) is 24.9 Å². The smallest absolute Gasteiger partial charge is 0.126 e. The molecule has 0 spiro atoms. The lowest BCUT2D eigenvalue weighted by atomic mass is 10.3. The Kier molecular flexibility index (Phi) is 3.64. The summed E-state index contributed by atoms with van der Waals surface area (Å²) in [6.07, 6.45) is 3.94. The van der Waals surface area contributed by atoms with Crippen LogP contribution in [-0.2, 0) is 6.54 Å². The molecule has 0 aliphatic carbocycles. The van der Waals surface area contributed by atoms with Gasteiger partial charge in [-0.15, -0.1) is 11.8 Å². The number of aromatic nitrogens is 1.